The lowest BCUT2D eigenvalue weighted by Gasteiger charge is -2.12. The maximum Gasteiger partial charge on any atom is 0.306 e. The van der Waals surface area contributed by atoms with Gasteiger partial charge in [0, 0.05) is 18.5 Å². The molecule has 22 heavy (non-hydrogen) atoms. The van der Waals surface area contributed by atoms with Crippen molar-refractivity contribution in [1.29, 1.82) is 0 Å². The van der Waals surface area contributed by atoms with Crippen LogP contribution in [0.1, 0.15) is 38.2 Å². The van der Waals surface area contributed by atoms with Gasteiger partial charge in [-0.15, -0.1) is 0 Å². The van der Waals surface area contributed by atoms with Crippen LogP contribution in [0.25, 0.3) is 0 Å². The van der Waals surface area contributed by atoms with Gasteiger partial charge in [-0.3, -0.25) is 4.79 Å². The van der Waals surface area contributed by atoms with Gasteiger partial charge in [-0.25, -0.2) is 8.42 Å². The molecule has 1 atom stereocenters. The van der Waals surface area contributed by atoms with Crippen LogP contribution in [0.2, 0.25) is 0 Å². The average Bonchev–Trinajstić information content (AvgIpc) is 2.42. The van der Waals surface area contributed by atoms with Gasteiger partial charge in [0.15, 0.2) is 9.84 Å². The van der Waals surface area contributed by atoms with E-state index in [1.165, 1.54) is 6.26 Å². The number of aliphatic carboxylic acids is 1. The van der Waals surface area contributed by atoms with Crippen LogP contribution in [0.4, 0.5) is 5.69 Å². The number of anilines is 1. The van der Waals surface area contributed by atoms with Crippen molar-refractivity contribution < 1.29 is 18.3 Å². The van der Waals surface area contributed by atoms with Crippen molar-refractivity contribution in [2.45, 2.75) is 38.4 Å². The van der Waals surface area contributed by atoms with Gasteiger partial charge in [-0.2, -0.15) is 0 Å². The van der Waals surface area contributed by atoms with E-state index in [0.29, 0.717) is 13.0 Å². The summed E-state index contributed by atoms with van der Waals surface area (Å²) in [6, 6.07) is 7.28. The van der Waals surface area contributed by atoms with E-state index in [-0.39, 0.29) is 11.7 Å². The first-order chi connectivity index (χ1) is 10.3. The van der Waals surface area contributed by atoms with Crippen molar-refractivity contribution in [3.63, 3.8) is 0 Å². The van der Waals surface area contributed by atoms with Crippen molar-refractivity contribution in [2.24, 2.45) is 5.92 Å². The summed E-state index contributed by atoms with van der Waals surface area (Å²) in [6.45, 7) is 2.70. The first kappa shape index (κ1) is 18.5. The number of hydrogen-bond donors (Lipinski definition) is 2. The second kappa shape index (κ2) is 8.78. The molecule has 0 saturated heterocycles. The number of benzene rings is 1. The second-order valence-electron chi connectivity index (χ2n) is 5.66. The van der Waals surface area contributed by atoms with E-state index in [4.69, 9.17) is 5.11 Å². The highest BCUT2D eigenvalue weighted by atomic mass is 32.2. The predicted octanol–water partition coefficient (Wildman–Crippen LogP) is 2.92. The van der Waals surface area contributed by atoms with Crippen LogP contribution < -0.4 is 5.32 Å². The minimum absolute atomic E-state index is 0.0462. The fourth-order valence-corrected chi connectivity index (χ4v) is 3.14. The van der Waals surface area contributed by atoms with Crippen molar-refractivity contribution in [3.8, 4) is 0 Å². The predicted molar refractivity (Wildman–Crippen MR) is 88.7 cm³/mol. The molecule has 0 spiro atoms. The Kier molecular flexibility index (Phi) is 7.38. The van der Waals surface area contributed by atoms with Crippen LogP contribution in [0.5, 0.6) is 0 Å². The number of nitrogens with one attached hydrogen (secondary N) is 1. The van der Waals surface area contributed by atoms with Crippen LogP contribution >= 0.6 is 0 Å². The van der Waals surface area contributed by atoms with Gasteiger partial charge in [0.25, 0.3) is 0 Å². The van der Waals surface area contributed by atoms with Gasteiger partial charge >= 0.3 is 5.97 Å². The third kappa shape index (κ3) is 7.45. The Morgan fingerprint density at radius 2 is 1.86 bits per heavy atom. The minimum Gasteiger partial charge on any atom is -0.481 e. The zero-order chi connectivity index (χ0) is 16.6. The van der Waals surface area contributed by atoms with Crippen molar-refractivity contribution in [3.05, 3.63) is 29.8 Å². The minimum atomic E-state index is -3.01. The molecule has 0 fully saturated rings. The van der Waals surface area contributed by atoms with Crippen LogP contribution in [-0.4, -0.2) is 32.3 Å². The monoisotopic (exact) mass is 327 g/mol. The highest BCUT2D eigenvalue weighted by Crippen LogP contribution is 2.15. The number of carbonyl (C=O) groups is 1. The summed E-state index contributed by atoms with van der Waals surface area (Å²) in [5.74, 6) is -0.930. The summed E-state index contributed by atoms with van der Waals surface area (Å²) in [6.07, 6.45) is 4.28. The third-order valence-corrected chi connectivity index (χ3v) is 4.29. The Labute approximate surface area is 132 Å². The molecule has 1 rings (SSSR count). The molecule has 0 bridgehead atoms. The van der Waals surface area contributed by atoms with E-state index in [2.05, 4.69) is 5.32 Å². The summed E-state index contributed by atoms with van der Waals surface area (Å²) in [5, 5.41) is 12.3. The van der Waals surface area contributed by atoms with Gasteiger partial charge in [-0.1, -0.05) is 25.5 Å². The number of sulfone groups is 1. The van der Waals surface area contributed by atoms with E-state index < -0.39 is 15.8 Å². The van der Waals surface area contributed by atoms with Crippen molar-refractivity contribution in [1.82, 2.24) is 0 Å². The van der Waals surface area contributed by atoms with E-state index in [0.717, 1.165) is 30.5 Å². The number of carboxylic acid groups (broad SMARTS) is 1. The van der Waals surface area contributed by atoms with Crippen LogP contribution in [0.3, 0.4) is 0 Å². The molecule has 124 valence electrons. The number of carboxylic acids is 1. The van der Waals surface area contributed by atoms with Gasteiger partial charge in [0.1, 0.15) is 0 Å². The zero-order valence-electron chi connectivity index (χ0n) is 13.2. The van der Waals surface area contributed by atoms with Crippen LogP contribution in [0.15, 0.2) is 24.3 Å². The maximum absolute atomic E-state index is 11.2. The van der Waals surface area contributed by atoms with E-state index >= 15 is 0 Å². The molecule has 0 saturated carbocycles. The van der Waals surface area contributed by atoms with E-state index in [1.54, 1.807) is 12.1 Å². The molecular weight excluding hydrogens is 302 g/mol. The molecule has 0 aromatic heterocycles. The lowest BCUT2D eigenvalue weighted by molar-refractivity contribution is -0.142. The highest BCUT2D eigenvalue weighted by molar-refractivity contribution is 7.89. The fourth-order valence-electron chi connectivity index (χ4n) is 2.34. The molecule has 5 nitrogen and oxygen atoms in total. The van der Waals surface area contributed by atoms with Gasteiger partial charge in [0.2, 0.25) is 0 Å². The summed E-state index contributed by atoms with van der Waals surface area (Å²) in [5.41, 5.74) is 1.68. The summed E-state index contributed by atoms with van der Waals surface area (Å²) >= 11 is 0. The highest BCUT2D eigenvalue weighted by Gasteiger charge is 2.15. The third-order valence-electron chi connectivity index (χ3n) is 3.43. The van der Waals surface area contributed by atoms with E-state index in [9.17, 15) is 13.2 Å². The Hall–Kier alpha value is -1.56. The van der Waals surface area contributed by atoms with Crippen LogP contribution in [-0.2, 0) is 20.4 Å². The lowest BCUT2D eigenvalue weighted by Crippen LogP contribution is -2.15. The molecule has 1 unspecified atom stereocenters. The Morgan fingerprint density at radius 1 is 1.23 bits per heavy atom. The van der Waals surface area contributed by atoms with Crippen LogP contribution in [0, 0.1) is 5.92 Å². The smallest absolute Gasteiger partial charge is 0.306 e. The molecular formula is C16H25NO4S. The van der Waals surface area contributed by atoms with Gasteiger partial charge in [0.05, 0.1) is 11.7 Å². The molecule has 0 radical (unpaired) electrons. The molecule has 6 heteroatoms. The van der Waals surface area contributed by atoms with Crippen molar-refractivity contribution >= 4 is 21.5 Å². The van der Waals surface area contributed by atoms with E-state index in [1.807, 2.05) is 19.1 Å². The topological polar surface area (TPSA) is 83.5 Å². The average molecular weight is 327 g/mol. The lowest BCUT2D eigenvalue weighted by atomic mass is 9.98. The summed E-state index contributed by atoms with van der Waals surface area (Å²) < 4.78 is 22.4. The normalized spacial score (nSPS) is 12.8. The molecule has 0 amide bonds. The van der Waals surface area contributed by atoms with Crippen molar-refractivity contribution in [2.75, 3.05) is 18.1 Å². The molecule has 0 heterocycles. The Balaban J connectivity index is 2.37. The summed E-state index contributed by atoms with van der Waals surface area (Å²) in [7, 11) is -3.01. The largest absolute Gasteiger partial charge is 0.481 e. The Morgan fingerprint density at radius 3 is 2.36 bits per heavy atom. The van der Waals surface area contributed by atoms with Gasteiger partial charge in [-0.05, 0) is 37.0 Å². The quantitative estimate of drug-likeness (QED) is 0.646. The summed E-state index contributed by atoms with van der Waals surface area (Å²) in [4.78, 5) is 11.0. The molecule has 0 aliphatic rings. The first-order valence-electron chi connectivity index (χ1n) is 7.55. The zero-order valence-corrected chi connectivity index (χ0v) is 14.0. The fraction of sp³-hybridized carbons (Fsp3) is 0.562. The second-order valence-corrected chi connectivity index (χ2v) is 7.80. The standard InChI is InChI=1S/C16H25NO4S/c1-3-5-14(16(18)19)6-4-11-17-15-9-7-13(8-10-15)12-22(2,20)21/h7-10,14,17H,3-6,11-12H2,1-2H3,(H,18,19). The molecule has 0 aliphatic heterocycles. The number of hydrogen-bond acceptors (Lipinski definition) is 4. The Bertz CT molecular complexity index is 566. The SMILES string of the molecule is CCCC(CCCNc1ccc(CS(C)(=O)=O)cc1)C(=O)O. The molecule has 0 aliphatic carbocycles. The first-order valence-corrected chi connectivity index (χ1v) is 9.61. The molecule has 1 aromatic carbocycles. The maximum atomic E-state index is 11.2. The number of rotatable bonds is 10. The molecule has 1 aromatic rings. The molecule has 2 N–H and O–H groups in total. The van der Waals surface area contributed by atoms with Gasteiger partial charge < -0.3 is 10.4 Å².